The highest BCUT2D eigenvalue weighted by Crippen LogP contribution is 2.22. The maximum Gasteiger partial charge on any atom is 0.344 e. The zero-order valence-corrected chi connectivity index (χ0v) is 13.8. The van der Waals surface area contributed by atoms with E-state index in [1.165, 1.54) is 0 Å². The number of thiocarbonyl (C=S) groups is 1. The number of rotatable bonds is 6. The number of carbonyl (C=O) groups is 2. The lowest BCUT2D eigenvalue weighted by molar-refractivity contribution is -0.132. The van der Waals surface area contributed by atoms with Crippen molar-refractivity contribution in [1.82, 2.24) is 21.1 Å². The van der Waals surface area contributed by atoms with E-state index in [1.54, 1.807) is 13.0 Å². The van der Waals surface area contributed by atoms with Gasteiger partial charge in [-0.25, -0.2) is 4.79 Å². The molecule has 3 amide bonds. The summed E-state index contributed by atoms with van der Waals surface area (Å²) in [4.78, 5) is 24.6. The van der Waals surface area contributed by atoms with Crippen molar-refractivity contribution in [2.45, 2.75) is 25.3 Å². The average molecular weight is 332 g/mol. The molecule has 1 fully saturated rings. The Bertz CT molecular complexity index is 620. The van der Waals surface area contributed by atoms with Gasteiger partial charge in [0, 0.05) is 6.54 Å². The molecule has 1 aliphatic heterocycles. The van der Waals surface area contributed by atoms with Gasteiger partial charge in [0.25, 0.3) is 5.91 Å². The van der Waals surface area contributed by atoms with E-state index in [-0.39, 0.29) is 11.0 Å². The summed E-state index contributed by atoms with van der Waals surface area (Å²) in [6.07, 6.45) is 2.83. The van der Waals surface area contributed by atoms with E-state index in [0.29, 0.717) is 19.4 Å². The number of nitrogens with one attached hydrogen (secondary N) is 3. The monoisotopic (exact) mass is 332 g/mol. The van der Waals surface area contributed by atoms with Crippen LogP contribution in [0.25, 0.3) is 0 Å². The first kappa shape index (κ1) is 17.0. The van der Waals surface area contributed by atoms with Crippen LogP contribution >= 0.6 is 12.2 Å². The first-order chi connectivity index (χ1) is 11.0. The van der Waals surface area contributed by atoms with Gasteiger partial charge in [-0.3, -0.25) is 10.2 Å². The van der Waals surface area contributed by atoms with Crippen LogP contribution in [0.3, 0.4) is 0 Å². The van der Waals surface area contributed by atoms with Gasteiger partial charge in [0.15, 0.2) is 5.11 Å². The molecule has 2 rings (SSSR count). The van der Waals surface area contributed by atoms with Gasteiger partial charge in [-0.15, -0.1) is 6.58 Å². The average Bonchev–Trinajstić information content (AvgIpc) is 2.76. The standard InChI is InChI=1S/C16H20N4O2S/c1-3-11-17-14(23)19-20-13(21)16(2,18-15(20)22)10-9-12-7-5-4-6-8-12/h3-8H,1,9-11H2,2H3,(H,18,22)(H2,17,19,23)/t16-/m0/s1. The van der Waals surface area contributed by atoms with Crippen molar-refractivity contribution in [1.29, 1.82) is 0 Å². The third kappa shape index (κ3) is 4.07. The Hall–Kier alpha value is -2.41. The summed E-state index contributed by atoms with van der Waals surface area (Å²) >= 11 is 5.03. The highest BCUT2D eigenvalue weighted by molar-refractivity contribution is 7.80. The molecule has 0 unspecified atom stereocenters. The van der Waals surface area contributed by atoms with Gasteiger partial charge in [0.1, 0.15) is 5.54 Å². The van der Waals surface area contributed by atoms with E-state index in [9.17, 15) is 9.59 Å². The summed E-state index contributed by atoms with van der Waals surface area (Å²) in [6.45, 7) is 5.73. The van der Waals surface area contributed by atoms with Crippen molar-refractivity contribution in [3.8, 4) is 0 Å². The molecule has 23 heavy (non-hydrogen) atoms. The molecular formula is C16H20N4O2S. The van der Waals surface area contributed by atoms with Gasteiger partial charge in [-0.05, 0) is 37.5 Å². The summed E-state index contributed by atoms with van der Waals surface area (Å²) < 4.78 is 0. The summed E-state index contributed by atoms with van der Waals surface area (Å²) in [6, 6.07) is 9.32. The van der Waals surface area contributed by atoms with Crippen molar-refractivity contribution >= 4 is 29.3 Å². The summed E-state index contributed by atoms with van der Waals surface area (Å²) in [5, 5.41) is 6.66. The Kier molecular flexibility index (Phi) is 5.33. The summed E-state index contributed by atoms with van der Waals surface area (Å²) in [7, 11) is 0. The van der Waals surface area contributed by atoms with Crippen molar-refractivity contribution < 1.29 is 9.59 Å². The number of imide groups is 1. The molecule has 0 aromatic heterocycles. The van der Waals surface area contributed by atoms with Crippen LogP contribution in [-0.4, -0.2) is 34.1 Å². The van der Waals surface area contributed by atoms with Gasteiger partial charge in [-0.2, -0.15) is 5.01 Å². The SMILES string of the molecule is C=CCNC(=S)NN1C(=O)N[C@@](C)(CCc2ccccc2)C1=O. The molecule has 7 heteroatoms. The van der Waals surface area contributed by atoms with Crippen LogP contribution < -0.4 is 16.1 Å². The maximum atomic E-state index is 12.5. The lowest BCUT2D eigenvalue weighted by Crippen LogP contribution is -2.51. The molecule has 1 heterocycles. The molecule has 6 nitrogen and oxygen atoms in total. The first-order valence-electron chi connectivity index (χ1n) is 7.32. The molecule has 1 aromatic rings. The fourth-order valence-electron chi connectivity index (χ4n) is 2.30. The normalized spacial score (nSPS) is 20.1. The first-order valence-corrected chi connectivity index (χ1v) is 7.73. The van der Waals surface area contributed by atoms with Crippen LogP contribution in [0, 0.1) is 0 Å². The highest BCUT2D eigenvalue weighted by atomic mass is 32.1. The number of urea groups is 1. The van der Waals surface area contributed by atoms with Crippen LogP contribution in [-0.2, 0) is 11.2 Å². The number of nitrogens with zero attached hydrogens (tertiary/aromatic N) is 1. The Morgan fingerprint density at radius 2 is 2.09 bits per heavy atom. The van der Waals surface area contributed by atoms with E-state index in [2.05, 4.69) is 22.6 Å². The van der Waals surface area contributed by atoms with Gasteiger partial charge in [0.05, 0.1) is 0 Å². The van der Waals surface area contributed by atoms with E-state index < -0.39 is 11.6 Å². The van der Waals surface area contributed by atoms with Crippen molar-refractivity contribution in [2.75, 3.05) is 6.54 Å². The smallest absolute Gasteiger partial charge is 0.344 e. The van der Waals surface area contributed by atoms with Gasteiger partial charge >= 0.3 is 6.03 Å². The summed E-state index contributed by atoms with van der Waals surface area (Å²) in [5.41, 5.74) is 2.78. The highest BCUT2D eigenvalue weighted by Gasteiger charge is 2.48. The zero-order chi connectivity index (χ0) is 16.9. The van der Waals surface area contributed by atoms with E-state index in [1.807, 2.05) is 30.3 Å². The molecule has 0 bridgehead atoms. The van der Waals surface area contributed by atoms with E-state index >= 15 is 0 Å². The molecular weight excluding hydrogens is 312 g/mol. The molecule has 1 atom stereocenters. The third-order valence-electron chi connectivity index (χ3n) is 3.64. The maximum absolute atomic E-state index is 12.5. The number of amides is 3. The predicted octanol–water partition coefficient (Wildman–Crippen LogP) is 1.49. The number of carbonyl (C=O) groups excluding carboxylic acids is 2. The predicted molar refractivity (Wildman–Crippen MR) is 92.5 cm³/mol. The Balaban J connectivity index is 1.98. The number of hydrogen-bond donors (Lipinski definition) is 3. The second-order valence-corrected chi connectivity index (χ2v) is 5.91. The molecule has 1 saturated heterocycles. The van der Waals surface area contributed by atoms with Crippen molar-refractivity contribution in [3.05, 3.63) is 48.6 Å². The van der Waals surface area contributed by atoms with E-state index in [4.69, 9.17) is 12.2 Å². The largest absolute Gasteiger partial charge is 0.358 e. The van der Waals surface area contributed by atoms with Crippen LogP contribution in [0.4, 0.5) is 4.79 Å². The van der Waals surface area contributed by atoms with Crippen LogP contribution in [0.5, 0.6) is 0 Å². The Morgan fingerprint density at radius 3 is 2.74 bits per heavy atom. The Morgan fingerprint density at radius 1 is 1.39 bits per heavy atom. The number of benzene rings is 1. The molecule has 122 valence electrons. The second-order valence-electron chi connectivity index (χ2n) is 5.50. The van der Waals surface area contributed by atoms with Crippen LogP contribution in [0.2, 0.25) is 0 Å². The minimum absolute atomic E-state index is 0.195. The fourth-order valence-corrected chi connectivity index (χ4v) is 2.47. The topological polar surface area (TPSA) is 73.5 Å². The molecule has 0 aliphatic carbocycles. The molecule has 3 N–H and O–H groups in total. The van der Waals surface area contributed by atoms with Crippen molar-refractivity contribution in [2.24, 2.45) is 0 Å². The minimum atomic E-state index is -0.950. The number of hydrazine groups is 1. The molecule has 0 spiro atoms. The summed E-state index contributed by atoms with van der Waals surface area (Å²) in [5.74, 6) is -0.346. The number of aryl methyl sites for hydroxylation is 1. The van der Waals surface area contributed by atoms with Gasteiger partial charge in [0.2, 0.25) is 0 Å². The third-order valence-corrected chi connectivity index (χ3v) is 3.87. The molecule has 1 aromatic carbocycles. The fraction of sp³-hybridized carbons (Fsp3) is 0.312. The Labute approximate surface area is 140 Å². The van der Waals surface area contributed by atoms with Crippen LogP contribution in [0.15, 0.2) is 43.0 Å². The lowest BCUT2D eigenvalue weighted by Gasteiger charge is -2.22. The lowest BCUT2D eigenvalue weighted by atomic mass is 9.93. The molecule has 0 saturated carbocycles. The van der Waals surface area contributed by atoms with E-state index in [0.717, 1.165) is 10.6 Å². The minimum Gasteiger partial charge on any atom is -0.358 e. The van der Waals surface area contributed by atoms with Crippen molar-refractivity contribution in [3.63, 3.8) is 0 Å². The van der Waals surface area contributed by atoms with Crippen LogP contribution in [0.1, 0.15) is 18.9 Å². The quantitative estimate of drug-likeness (QED) is 0.418. The molecule has 1 aliphatic rings. The molecule has 0 radical (unpaired) electrons. The number of hydrogen-bond acceptors (Lipinski definition) is 3. The zero-order valence-electron chi connectivity index (χ0n) is 13.0. The van der Waals surface area contributed by atoms with Gasteiger partial charge in [-0.1, -0.05) is 36.4 Å². The second kappa shape index (κ2) is 7.23. The van der Waals surface area contributed by atoms with Gasteiger partial charge < -0.3 is 10.6 Å².